The van der Waals surface area contributed by atoms with E-state index in [-0.39, 0.29) is 0 Å². The molecule has 1 aliphatic rings. The van der Waals surface area contributed by atoms with Gasteiger partial charge in [-0.15, -0.1) is 0 Å². The van der Waals surface area contributed by atoms with E-state index < -0.39 is 0 Å². The van der Waals surface area contributed by atoms with Crippen LogP contribution in [-0.2, 0) is 0 Å². The van der Waals surface area contributed by atoms with E-state index in [0.717, 1.165) is 23.8 Å². The van der Waals surface area contributed by atoms with Gasteiger partial charge in [0.2, 0.25) is 0 Å². The molecule has 0 aliphatic heterocycles. The van der Waals surface area contributed by atoms with Crippen LogP contribution in [-0.4, -0.2) is 24.5 Å². The lowest BCUT2D eigenvalue weighted by Crippen LogP contribution is -2.42. The summed E-state index contributed by atoms with van der Waals surface area (Å²) in [6.07, 6.45) is 12.9. The molecule has 1 fully saturated rings. The van der Waals surface area contributed by atoms with E-state index in [1.54, 1.807) is 0 Å². The van der Waals surface area contributed by atoms with E-state index in [1.807, 2.05) is 0 Å². The van der Waals surface area contributed by atoms with E-state index in [2.05, 4.69) is 39.6 Å². The monoisotopic (exact) mass is 281 g/mol. The molecule has 0 saturated heterocycles. The molecule has 3 atom stereocenters. The van der Waals surface area contributed by atoms with Crippen LogP contribution in [0.15, 0.2) is 0 Å². The number of unbranched alkanes of at least 4 members (excludes halogenated alkanes) is 1. The summed E-state index contributed by atoms with van der Waals surface area (Å²) in [5.74, 6) is 2.74. The molecule has 0 aromatic heterocycles. The molecule has 0 radical (unpaired) electrons. The molecular weight excluding hydrogens is 242 g/mol. The summed E-state index contributed by atoms with van der Waals surface area (Å²) >= 11 is 0. The van der Waals surface area contributed by atoms with Crippen LogP contribution in [0.3, 0.4) is 0 Å². The third-order valence-corrected chi connectivity index (χ3v) is 5.50. The second-order valence-corrected chi connectivity index (χ2v) is 7.46. The summed E-state index contributed by atoms with van der Waals surface area (Å²) in [6.45, 7) is 10.8. The van der Waals surface area contributed by atoms with Crippen molar-refractivity contribution >= 4 is 0 Å². The van der Waals surface area contributed by atoms with Crippen LogP contribution in [0, 0.1) is 17.8 Å². The molecule has 3 unspecified atom stereocenters. The number of hydrogen-bond donors (Lipinski definition) is 0. The lowest BCUT2D eigenvalue weighted by atomic mass is 9.77. The van der Waals surface area contributed by atoms with Crippen LogP contribution in [0.2, 0.25) is 0 Å². The highest BCUT2D eigenvalue weighted by atomic mass is 15.1. The summed E-state index contributed by atoms with van der Waals surface area (Å²) in [6, 6.07) is 0.803. The molecule has 1 aliphatic carbocycles. The average molecular weight is 282 g/mol. The van der Waals surface area contributed by atoms with Crippen molar-refractivity contribution in [2.24, 2.45) is 17.8 Å². The van der Waals surface area contributed by atoms with Crippen LogP contribution >= 0.6 is 0 Å². The fourth-order valence-corrected chi connectivity index (χ4v) is 4.30. The van der Waals surface area contributed by atoms with Gasteiger partial charge in [0.05, 0.1) is 0 Å². The minimum absolute atomic E-state index is 0.793. The number of rotatable bonds is 7. The largest absolute Gasteiger partial charge is 0.303 e. The molecule has 1 rings (SSSR count). The minimum Gasteiger partial charge on any atom is -0.303 e. The zero-order valence-corrected chi connectivity index (χ0v) is 14.8. The van der Waals surface area contributed by atoms with Gasteiger partial charge in [-0.05, 0) is 50.6 Å². The Morgan fingerprint density at radius 2 is 1.70 bits per heavy atom. The molecule has 20 heavy (non-hydrogen) atoms. The number of nitrogens with zero attached hydrogens (tertiary/aromatic N) is 1. The van der Waals surface area contributed by atoms with Crippen molar-refractivity contribution in [2.45, 2.75) is 91.5 Å². The first-order valence-corrected chi connectivity index (χ1v) is 9.30. The highest BCUT2D eigenvalue weighted by Gasteiger charge is 2.29. The Labute approximate surface area is 128 Å². The molecule has 1 saturated carbocycles. The van der Waals surface area contributed by atoms with Gasteiger partial charge in [0.25, 0.3) is 0 Å². The van der Waals surface area contributed by atoms with Crippen molar-refractivity contribution in [1.82, 2.24) is 4.90 Å². The van der Waals surface area contributed by atoms with Gasteiger partial charge in [-0.25, -0.2) is 0 Å². The number of hydrogen-bond acceptors (Lipinski definition) is 1. The fourth-order valence-electron chi connectivity index (χ4n) is 4.30. The lowest BCUT2D eigenvalue weighted by molar-refractivity contribution is 0.104. The predicted octanol–water partition coefficient (Wildman–Crippen LogP) is 5.74. The third-order valence-electron chi connectivity index (χ3n) is 5.50. The standard InChI is InChI=1S/C19H39N/c1-6-8-15-20(5)19(16(3)4)18-12-10-9-11-17(7-2)13-14-18/h16-19H,6-15H2,1-5H3. The van der Waals surface area contributed by atoms with Crippen molar-refractivity contribution < 1.29 is 0 Å². The molecule has 0 aromatic carbocycles. The fraction of sp³-hybridized carbons (Fsp3) is 1.00. The van der Waals surface area contributed by atoms with Crippen molar-refractivity contribution in [2.75, 3.05) is 13.6 Å². The Morgan fingerprint density at radius 3 is 2.30 bits per heavy atom. The van der Waals surface area contributed by atoms with Gasteiger partial charge in [0, 0.05) is 6.04 Å². The average Bonchev–Trinajstić information content (AvgIpc) is 2.39. The first-order chi connectivity index (χ1) is 9.60. The summed E-state index contributed by atoms with van der Waals surface area (Å²) in [4.78, 5) is 2.68. The van der Waals surface area contributed by atoms with Gasteiger partial charge in [0.15, 0.2) is 0 Å². The van der Waals surface area contributed by atoms with E-state index in [0.29, 0.717) is 0 Å². The van der Waals surface area contributed by atoms with Crippen LogP contribution in [0.25, 0.3) is 0 Å². The van der Waals surface area contributed by atoms with Crippen molar-refractivity contribution in [3.05, 3.63) is 0 Å². The van der Waals surface area contributed by atoms with E-state index in [9.17, 15) is 0 Å². The van der Waals surface area contributed by atoms with Crippen molar-refractivity contribution in [3.8, 4) is 0 Å². The molecule has 0 spiro atoms. The van der Waals surface area contributed by atoms with Crippen LogP contribution in [0.4, 0.5) is 0 Å². The summed E-state index contributed by atoms with van der Waals surface area (Å²) in [7, 11) is 2.37. The first kappa shape index (κ1) is 18.0. The highest BCUT2D eigenvalue weighted by molar-refractivity contribution is 4.82. The van der Waals surface area contributed by atoms with E-state index in [1.165, 1.54) is 64.3 Å². The topological polar surface area (TPSA) is 3.24 Å². The van der Waals surface area contributed by atoms with Gasteiger partial charge < -0.3 is 4.90 Å². The van der Waals surface area contributed by atoms with Gasteiger partial charge in [0.1, 0.15) is 0 Å². The predicted molar refractivity (Wildman–Crippen MR) is 91.1 cm³/mol. The van der Waals surface area contributed by atoms with Crippen LogP contribution in [0.5, 0.6) is 0 Å². The molecule has 1 nitrogen and oxygen atoms in total. The molecule has 0 heterocycles. The van der Waals surface area contributed by atoms with Gasteiger partial charge in [-0.2, -0.15) is 0 Å². The summed E-state index contributed by atoms with van der Waals surface area (Å²) < 4.78 is 0. The normalized spacial score (nSPS) is 26.6. The second-order valence-electron chi connectivity index (χ2n) is 7.46. The molecule has 120 valence electrons. The summed E-state index contributed by atoms with van der Waals surface area (Å²) in [5.41, 5.74) is 0. The van der Waals surface area contributed by atoms with Gasteiger partial charge in [-0.3, -0.25) is 0 Å². The zero-order valence-electron chi connectivity index (χ0n) is 14.8. The Kier molecular flexibility index (Phi) is 8.84. The Morgan fingerprint density at radius 1 is 1.00 bits per heavy atom. The maximum Gasteiger partial charge on any atom is 0.0143 e. The maximum absolute atomic E-state index is 2.68. The van der Waals surface area contributed by atoms with Gasteiger partial charge >= 0.3 is 0 Å². The molecular formula is C19H39N. The van der Waals surface area contributed by atoms with Gasteiger partial charge in [-0.1, -0.05) is 66.2 Å². The van der Waals surface area contributed by atoms with Crippen LogP contribution < -0.4 is 0 Å². The summed E-state index contributed by atoms with van der Waals surface area (Å²) in [5, 5.41) is 0. The molecule has 0 amide bonds. The molecule has 0 aromatic rings. The first-order valence-electron chi connectivity index (χ1n) is 9.30. The lowest BCUT2D eigenvalue weighted by Gasteiger charge is -2.39. The Balaban J connectivity index is 2.63. The maximum atomic E-state index is 2.68. The van der Waals surface area contributed by atoms with E-state index in [4.69, 9.17) is 0 Å². The molecule has 0 N–H and O–H groups in total. The SMILES string of the molecule is CCCCN(C)C(C(C)C)C1CCCCC(CC)CC1. The Hall–Kier alpha value is -0.0400. The van der Waals surface area contributed by atoms with Crippen molar-refractivity contribution in [3.63, 3.8) is 0 Å². The quantitative estimate of drug-likeness (QED) is 0.575. The van der Waals surface area contributed by atoms with E-state index >= 15 is 0 Å². The molecule has 0 bridgehead atoms. The van der Waals surface area contributed by atoms with Crippen LogP contribution in [0.1, 0.15) is 85.5 Å². The second kappa shape index (κ2) is 9.82. The zero-order chi connectivity index (χ0) is 15.0. The van der Waals surface area contributed by atoms with Crippen molar-refractivity contribution in [1.29, 1.82) is 0 Å². The smallest absolute Gasteiger partial charge is 0.0143 e. The third kappa shape index (κ3) is 5.76. The minimum atomic E-state index is 0.793. The Bertz CT molecular complexity index is 236. The highest BCUT2D eigenvalue weighted by Crippen LogP contribution is 2.33. The molecule has 1 heteroatoms.